The van der Waals surface area contributed by atoms with Crippen LogP contribution >= 0.6 is 0 Å². The van der Waals surface area contributed by atoms with Crippen molar-refractivity contribution in [3.63, 3.8) is 0 Å². The van der Waals surface area contributed by atoms with Crippen molar-refractivity contribution in [1.29, 1.82) is 0 Å². The van der Waals surface area contributed by atoms with E-state index in [0.29, 0.717) is 35.6 Å². The Morgan fingerprint density at radius 1 is 0.654 bits per heavy atom. The molecule has 4 rings (SSSR count). The van der Waals surface area contributed by atoms with Gasteiger partial charge in [0.2, 0.25) is 12.2 Å². The first-order valence-electron chi connectivity index (χ1n) is 16.8. The van der Waals surface area contributed by atoms with Crippen LogP contribution in [0.4, 0.5) is 32.3 Å². The zero-order chi connectivity index (χ0) is 36.8. The summed E-state index contributed by atoms with van der Waals surface area (Å²) in [6.45, 7) is 4.21. The van der Waals surface area contributed by atoms with E-state index in [1.165, 1.54) is 0 Å². The van der Waals surface area contributed by atoms with Crippen LogP contribution in [-0.2, 0) is 31.9 Å². The Bertz CT molecular complexity index is 1970. The quantitative estimate of drug-likeness (QED) is 0.0604. The molecule has 0 bridgehead atoms. The zero-order valence-corrected chi connectivity index (χ0v) is 28.7. The fourth-order valence-corrected chi connectivity index (χ4v) is 5.29. The summed E-state index contributed by atoms with van der Waals surface area (Å²) in [6, 6.07) is 29.6. The molecule has 1 atom stereocenters. The SMILES string of the molecule is C=CC(C/C=C/COC(=O)Nc1cccc(Cc2cccc(N=C=O)c2)c1)CC/C=C/COC(=O)Nc1cccc(Cc2cccc(N=C=O)c2)c1. The summed E-state index contributed by atoms with van der Waals surface area (Å²) in [4.78, 5) is 53.0. The predicted octanol–water partition coefficient (Wildman–Crippen LogP) is 9.68. The Kier molecular flexibility index (Phi) is 15.8. The number of hydrogen-bond donors (Lipinski definition) is 2. The maximum absolute atomic E-state index is 12.3. The number of carbonyl (C=O) groups excluding carboxylic acids is 4. The van der Waals surface area contributed by atoms with Gasteiger partial charge in [0.15, 0.2) is 0 Å². The van der Waals surface area contributed by atoms with Crippen molar-refractivity contribution in [2.75, 3.05) is 23.8 Å². The molecule has 0 aliphatic carbocycles. The van der Waals surface area contributed by atoms with Gasteiger partial charge in [-0.1, -0.05) is 78.9 Å². The molecule has 0 fully saturated rings. The Morgan fingerprint density at radius 2 is 1.12 bits per heavy atom. The summed E-state index contributed by atoms with van der Waals surface area (Å²) in [5, 5.41) is 5.51. The molecule has 264 valence electrons. The van der Waals surface area contributed by atoms with Gasteiger partial charge < -0.3 is 9.47 Å². The smallest absolute Gasteiger partial charge is 0.411 e. The summed E-state index contributed by atoms with van der Waals surface area (Å²) in [6.07, 6.45) is 15.1. The molecule has 2 N–H and O–H groups in total. The molecule has 10 heteroatoms. The van der Waals surface area contributed by atoms with E-state index in [0.717, 1.165) is 41.5 Å². The molecule has 52 heavy (non-hydrogen) atoms. The highest BCUT2D eigenvalue weighted by molar-refractivity contribution is 5.85. The van der Waals surface area contributed by atoms with E-state index < -0.39 is 12.2 Å². The maximum atomic E-state index is 12.3. The maximum Gasteiger partial charge on any atom is 0.411 e. The van der Waals surface area contributed by atoms with Crippen molar-refractivity contribution in [3.05, 3.63) is 156 Å². The third kappa shape index (κ3) is 14.1. The van der Waals surface area contributed by atoms with Gasteiger partial charge in [0.05, 0.1) is 11.4 Å². The van der Waals surface area contributed by atoms with Crippen LogP contribution in [-0.4, -0.2) is 37.6 Å². The number of carbonyl (C=O) groups is 2. The second kappa shape index (κ2) is 21.5. The topological polar surface area (TPSA) is 136 Å². The summed E-state index contributed by atoms with van der Waals surface area (Å²) in [5.74, 6) is 0.236. The summed E-state index contributed by atoms with van der Waals surface area (Å²) in [5.41, 5.74) is 6.25. The molecule has 10 nitrogen and oxygen atoms in total. The molecule has 0 heterocycles. The van der Waals surface area contributed by atoms with Crippen molar-refractivity contribution in [2.45, 2.75) is 32.1 Å². The van der Waals surface area contributed by atoms with E-state index in [-0.39, 0.29) is 19.1 Å². The molecule has 0 saturated heterocycles. The van der Waals surface area contributed by atoms with Crippen LogP contribution < -0.4 is 10.6 Å². The number of isocyanates is 2. The summed E-state index contributed by atoms with van der Waals surface area (Å²) >= 11 is 0. The van der Waals surface area contributed by atoms with Gasteiger partial charge in [-0.05, 0) is 109 Å². The average molecular weight is 697 g/mol. The Balaban J connectivity index is 1.09. The fraction of sp³-hybridized carbons (Fsp3) is 0.190. The standard InChI is InChI=1S/C42H40N4O6/c1-2-32(13-5-7-23-52-42(50)46-40-21-11-17-36(29-40)25-34-15-9-19-38(27-34)44-31-48)12-4-3-6-22-51-41(49)45-39-20-10-16-35(28-39)24-33-14-8-18-37(26-33)43-30-47/h2-3,5-11,14-21,26-29,32H,1,4,12-13,22-25H2,(H,45,49)(H,46,50)/b6-3+,7-5+. The highest BCUT2D eigenvalue weighted by Gasteiger charge is 2.07. The molecule has 0 spiro atoms. The number of nitrogens with zero attached hydrogens (tertiary/aromatic N) is 2. The predicted molar refractivity (Wildman–Crippen MR) is 203 cm³/mol. The van der Waals surface area contributed by atoms with Crippen LogP contribution in [0.25, 0.3) is 0 Å². The lowest BCUT2D eigenvalue weighted by molar-refractivity contribution is 0.173. The average Bonchev–Trinajstić information content (AvgIpc) is 3.13. The van der Waals surface area contributed by atoms with E-state index in [2.05, 4.69) is 27.2 Å². The molecule has 0 saturated carbocycles. The molecule has 0 radical (unpaired) electrons. The third-order valence-corrected chi connectivity index (χ3v) is 7.76. The Hall–Kier alpha value is -6.60. The largest absolute Gasteiger partial charge is 0.445 e. The van der Waals surface area contributed by atoms with Gasteiger partial charge in [-0.3, -0.25) is 10.6 Å². The zero-order valence-electron chi connectivity index (χ0n) is 28.7. The molecule has 0 aliphatic rings. The van der Waals surface area contributed by atoms with Gasteiger partial charge in [0.1, 0.15) is 13.2 Å². The number of anilines is 2. The van der Waals surface area contributed by atoms with Crippen LogP contribution in [0.5, 0.6) is 0 Å². The first-order chi connectivity index (χ1) is 25.4. The van der Waals surface area contributed by atoms with Gasteiger partial charge in [-0.15, -0.1) is 6.58 Å². The van der Waals surface area contributed by atoms with E-state index in [4.69, 9.17) is 9.47 Å². The molecule has 4 aromatic rings. The Labute approximate surface area is 303 Å². The molecule has 0 aromatic heterocycles. The van der Waals surface area contributed by atoms with Gasteiger partial charge in [-0.25, -0.2) is 19.2 Å². The number of nitrogens with one attached hydrogen (secondary N) is 2. The summed E-state index contributed by atoms with van der Waals surface area (Å²) in [7, 11) is 0. The van der Waals surface area contributed by atoms with Crippen LogP contribution in [0.1, 0.15) is 41.5 Å². The van der Waals surface area contributed by atoms with Crippen molar-refractivity contribution in [2.24, 2.45) is 15.9 Å². The van der Waals surface area contributed by atoms with Gasteiger partial charge in [0.25, 0.3) is 0 Å². The second-order valence-electron chi connectivity index (χ2n) is 11.7. The number of ether oxygens (including phenoxy) is 2. The molecular weight excluding hydrogens is 656 g/mol. The van der Waals surface area contributed by atoms with Crippen LogP contribution in [0.3, 0.4) is 0 Å². The van der Waals surface area contributed by atoms with Crippen molar-refractivity contribution in [1.82, 2.24) is 0 Å². The lowest BCUT2D eigenvalue weighted by atomic mass is 9.99. The van der Waals surface area contributed by atoms with Crippen LogP contribution in [0.2, 0.25) is 0 Å². The third-order valence-electron chi connectivity index (χ3n) is 7.76. The number of aliphatic imine (C=N–C) groups is 2. The molecule has 2 amide bonds. The van der Waals surface area contributed by atoms with Crippen LogP contribution in [0, 0.1) is 5.92 Å². The van der Waals surface area contributed by atoms with E-state index >= 15 is 0 Å². The van der Waals surface area contributed by atoms with Gasteiger partial charge in [0, 0.05) is 11.4 Å². The molecular formula is C42H40N4O6. The number of hydrogen-bond acceptors (Lipinski definition) is 8. The van der Waals surface area contributed by atoms with Crippen molar-refractivity contribution >= 4 is 47.1 Å². The number of rotatable bonds is 18. The highest BCUT2D eigenvalue weighted by Crippen LogP contribution is 2.21. The first-order valence-corrected chi connectivity index (χ1v) is 16.8. The highest BCUT2D eigenvalue weighted by atomic mass is 16.6. The first kappa shape index (κ1) is 38.2. The van der Waals surface area contributed by atoms with E-state index in [1.54, 1.807) is 36.4 Å². The van der Waals surface area contributed by atoms with Crippen molar-refractivity contribution < 1.29 is 28.7 Å². The molecule has 1 unspecified atom stereocenters. The number of amides is 2. The number of benzene rings is 4. The molecule has 4 aromatic carbocycles. The normalized spacial score (nSPS) is 11.2. The van der Waals surface area contributed by atoms with Gasteiger partial charge >= 0.3 is 12.2 Å². The van der Waals surface area contributed by atoms with E-state index in [1.807, 2.05) is 103 Å². The monoisotopic (exact) mass is 696 g/mol. The minimum absolute atomic E-state index is 0.134. The Morgan fingerprint density at radius 3 is 1.60 bits per heavy atom. The summed E-state index contributed by atoms with van der Waals surface area (Å²) < 4.78 is 10.6. The minimum Gasteiger partial charge on any atom is -0.445 e. The number of allylic oxidation sites excluding steroid dienone is 3. The van der Waals surface area contributed by atoms with Crippen molar-refractivity contribution in [3.8, 4) is 0 Å². The minimum atomic E-state index is -0.552. The van der Waals surface area contributed by atoms with Crippen LogP contribution in [0.15, 0.2) is 144 Å². The van der Waals surface area contributed by atoms with E-state index in [9.17, 15) is 19.2 Å². The lowest BCUT2D eigenvalue weighted by Gasteiger charge is -2.09. The second-order valence-corrected chi connectivity index (χ2v) is 11.7. The van der Waals surface area contributed by atoms with Gasteiger partial charge in [-0.2, -0.15) is 9.98 Å². The fourth-order valence-electron chi connectivity index (χ4n) is 5.29. The molecule has 0 aliphatic heterocycles. The lowest BCUT2D eigenvalue weighted by Crippen LogP contribution is -2.13.